The van der Waals surface area contributed by atoms with Crippen molar-refractivity contribution in [2.45, 2.75) is 125 Å². The monoisotopic (exact) mass is 1050 g/mol. The van der Waals surface area contributed by atoms with Crippen molar-refractivity contribution in [1.82, 2.24) is 5.48 Å². The van der Waals surface area contributed by atoms with Crippen LogP contribution < -0.4 is 15.5 Å². The molecule has 28 heteroatoms. The van der Waals surface area contributed by atoms with Crippen molar-refractivity contribution >= 4 is 26.0 Å². The number of anilines is 1. The molecular formula is C41H45F19N2O6Si. The largest absolute Gasteiger partial charge is 0.491 e. The maximum Gasteiger partial charge on any atom is 0.460 e. The third-order valence-electron chi connectivity index (χ3n) is 10.8. The summed E-state index contributed by atoms with van der Waals surface area (Å²) in [6, 6.07) is 6.36. The van der Waals surface area contributed by atoms with Gasteiger partial charge in [-0.25, -0.2) is 19.1 Å². The molecule has 392 valence electrons. The van der Waals surface area contributed by atoms with Gasteiger partial charge in [0.15, 0.2) is 8.32 Å². The van der Waals surface area contributed by atoms with Gasteiger partial charge in [-0.15, -0.1) is 0 Å². The van der Waals surface area contributed by atoms with Gasteiger partial charge in [0.05, 0.1) is 12.3 Å². The molecule has 2 aromatic rings. The van der Waals surface area contributed by atoms with Crippen molar-refractivity contribution < 1.29 is 112 Å². The van der Waals surface area contributed by atoms with E-state index < -0.39 is 134 Å². The van der Waals surface area contributed by atoms with E-state index in [2.05, 4.69) is 5.32 Å². The Bertz CT molecular complexity index is 2110. The summed E-state index contributed by atoms with van der Waals surface area (Å²) in [6.07, 6.45) is -8.42. The molecule has 0 bridgehead atoms. The molecule has 0 fully saturated rings. The van der Waals surface area contributed by atoms with Gasteiger partial charge in [0.2, 0.25) is 0 Å². The molecule has 2 aromatic carbocycles. The van der Waals surface area contributed by atoms with E-state index >= 15 is 8.78 Å². The molecular weight excluding hydrogens is 1010 g/mol. The molecule has 3 N–H and O–H groups in total. The molecule has 0 aromatic heterocycles. The minimum atomic E-state index is -8.72. The minimum Gasteiger partial charge on any atom is -0.491 e. The number of hydroxylamine groups is 1. The Labute approximate surface area is 382 Å². The van der Waals surface area contributed by atoms with Gasteiger partial charge in [0.1, 0.15) is 30.1 Å². The molecule has 8 nitrogen and oxygen atoms in total. The Balaban J connectivity index is 2.33. The highest BCUT2D eigenvalue weighted by atomic mass is 28.4. The third-order valence-corrected chi connectivity index (χ3v) is 16.5. The highest BCUT2D eigenvalue weighted by molar-refractivity contribution is 6.76. The topological polar surface area (TPSA) is 106 Å². The number of benzene rings is 2. The fourth-order valence-electron chi connectivity index (χ4n) is 6.74. The number of nitrogens with one attached hydrogen (secondary N) is 2. The van der Waals surface area contributed by atoms with Crippen molar-refractivity contribution in [2.75, 3.05) is 18.5 Å². The Hall–Kier alpha value is -4.73. The smallest absolute Gasteiger partial charge is 0.460 e. The Kier molecular flexibility index (Phi) is 19.4. The molecule has 69 heavy (non-hydrogen) atoms. The van der Waals surface area contributed by atoms with Crippen LogP contribution in [0.25, 0.3) is 0 Å². The van der Waals surface area contributed by atoms with Gasteiger partial charge in [-0.05, 0) is 65.9 Å². The zero-order valence-corrected chi connectivity index (χ0v) is 37.8. The SMILES string of the molecule is CC(/C=C/C[C@@H](C)[C@@H](OC(=O)Nc1ccc(F)cc1F)c1ccc(OCCO[Si](CCC(F)(F)C(F)(F)C(F)(F)C(F)(F)C(F)(F)C(F)(F)C(F)(F)C(F)(F)F)(C(C)C)C(C)C)cc1)=C\C(=O)NO. The first-order valence-electron chi connectivity index (χ1n) is 20.0. The van der Waals surface area contributed by atoms with E-state index in [1.165, 1.54) is 70.4 Å². The standard InChI is InChI=1S/C41H45F19N2O6Si/c1-22(2)69(23(3)4,19-16-34(44,45)35(46,47)36(48,49)37(50,51)38(52,53)39(54,55)40(56,57)41(58,59)60)67-18-17-66-28-13-10-26(11-14-28)32(25(6)9-7-8-24(5)20-31(63)62-65)68-33(64)61-30-15-12-27(42)21-29(30)43/h7-8,10-15,20-23,25,32,65H,9,16-19H2,1-6H3,(H,61,64)(H,62,63)/b8-7+,24-20+/t25-,32-/m1/s1. The van der Waals surface area contributed by atoms with Crippen LogP contribution >= 0.6 is 0 Å². The zero-order chi connectivity index (χ0) is 53.6. The quantitative estimate of drug-likeness (QED) is 0.0184. The third kappa shape index (κ3) is 12.8. The van der Waals surface area contributed by atoms with Gasteiger partial charge >= 0.3 is 53.7 Å². The van der Waals surface area contributed by atoms with Crippen LogP contribution in [0.3, 0.4) is 0 Å². The lowest BCUT2D eigenvalue weighted by Crippen LogP contribution is -2.74. The van der Waals surface area contributed by atoms with Crippen molar-refractivity contribution in [3.63, 3.8) is 0 Å². The second kappa shape index (κ2) is 22.1. The Morgan fingerprint density at radius 1 is 0.710 bits per heavy atom. The molecule has 0 aliphatic heterocycles. The second-order valence-electron chi connectivity index (χ2n) is 16.2. The van der Waals surface area contributed by atoms with Gasteiger partial charge in [-0.2, -0.15) is 74.6 Å². The maximum atomic E-state index is 15.0. The summed E-state index contributed by atoms with van der Waals surface area (Å²) in [5.74, 6) is -60.4. The van der Waals surface area contributed by atoms with Crippen molar-refractivity contribution in [3.05, 3.63) is 83.5 Å². The van der Waals surface area contributed by atoms with Gasteiger partial charge in [0, 0.05) is 24.5 Å². The Morgan fingerprint density at radius 3 is 1.70 bits per heavy atom. The molecule has 0 radical (unpaired) electrons. The van der Waals surface area contributed by atoms with Crippen LogP contribution in [-0.4, -0.2) is 86.4 Å². The first-order valence-corrected chi connectivity index (χ1v) is 22.3. The first-order chi connectivity index (χ1) is 31.2. The summed E-state index contributed by atoms with van der Waals surface area (Å²) in [4.78, 5) is 24.3. The normalized spacial score (nSPS) is 15.2. The van der Waals surface area contributed by atoms with E-state index in [1.807, 2.05) is 0 Å². The maximum absolute atomic E-state index is 15.0. The molecule has 2 rings (SSSR count). The molecule has 0 unspecified atom stereocenters. The summed E-state index contributed by atoms with van der Waals surface area (Å²) >= 11 is 0. The van der Waals surface area contributed by atoms with Crippen LogP contribution in [0.5, 0.6) is 5.75 Å². The van der Waals surface area contributed by atoms with Crippen molar-refractivity contribution in [2.24, 2.45) is 5.92 Å². The lowest BCUT2D eigenvalue weighted by atomic mass is 9.88. The number of carbonyl (C=O) groups is 2. The number of allylic oxidation sites excluding steroid dienone is 3. The van der Waals surface area contributed by atoms with Crippen LogP contribution in [0.1, 0.15) is 66.1 Å². The summed E-state index contributed by atoms with van der Waals surface area (Å²) in [7, 11) is -4.06. The number of carbonyl (C=O) groups excluding carboxylic acids is 2. The van der Waals surface area contributed by atoms with Crippen molar-refractivity contribution in [1.29, 1.82) is 0 Å². The average molecular weight is 1050 g/mol. The molecule has 0 saturated carbocycles. The van der Waals surface area contributed by atoms with Crippen LogP contribution in [0.15, 0.2) is 66.3 Å². The highest BCUT2D eigenvalue weighted by Gasteiger charge is 2.95. The second-order valence-corrected chi connectivity index (χ2v) is 21.2. The molecule has 0 aliphatic carbocycles. The fourth-order valence-corrected chi connectivity index (χ4v) is 11.2. The zero-order valence-electron chi connectivity index (χ0n) is 36.8. The van der Waals surface area contributed by atoms with Crippen molar-refractivity contribution in [3.8, 4) is 5.75 Å². The highest BCUT2D eigenvalue weighted by Crippen LogP contribution is 2.64. The van der Waals surface area contributed by atoms with Gasteiger partial charge in [0.25, 0.3) is 5.91 Å². The van der Waals surface area contributed by atoms with Crippen LogP contribution in [-0.2, 0) is 14.0 Å². The van der Waals surface area contributed by atoms with Crippen LogP contribution in [0.2, 0.25) is 17.1 Å². The lowest BCUT2D eigenvalue weighted by molar-refractivity contribution is -0.461. The number of ether oxygens (including phenoxy) is 2. The first kappa shape index (κ1) is 60.4. The summed E-state index contributed by atoms with van der Waals surface area (Å²) in [5.41, 5.74) is -0.177. The summed E-state index contributed by atoms with van der Waals surface area (Å²) in [6.45, 7) is 7.23. The van der Waals surface area contributed by atoms with E-state index in [0.29, 0.717) is 17.2 Å². The number of hydrogen-bond acceptors (Lipinski definition) is 6. The summed E-state index contributed by atoms with van der Waals surface area (Å²) < 4.78 is 281. The average Bonchev–Trinajstić information content (AvgIpc) is 3.22. The molecule has 0 heterocycles. The van der Waals surface area contributed by atoms with E-state index in [1.54, 1.807) is 13.0 Å². The van der Waals surface area contributed by atoms with Gasteiger partial charge in [-0.1, -0.05) is 58.9 Å². The molecule has 2 atom stereocenters. The van der Waals surface area contributed by atoms with E-state index in [4.69, 9.17) is 19.1 Å². The van der Waals surface area contributed by atoms with E-state index in [-0.39, 0.29) is 12.2 Å². The Morgan fingerprint density at radius 2 is 1.22 bits per heavy atom. The van der Waals surface area contributed by atoms with E-state index in [9.17, 15) is 84.2 Å². The predicted octanol–water partition coefficient (Wildman–Crippen LogP) is 13.8. The molecule has 2 amide bonds. The summed E-state index contributed by atoms with van der Waals surface area (Å²) in [5, 5.41) is 10.9. The number of hydrogen-bond donors (Lipinski definition) is 3. The van der Waals surface area contributed by atoms with E-state index in [0.717, 1.165) is 18.2 Å². The van der Waals surface area contributed by atoms with Crippen LogP contribution in [0.4, 0.5) is 93.9 Å². The van der Waals surface area contributed by atoms with Gasteiger partial charge < -0.3 is 13.9 Å². The molecule has 0 saturated heterocycles. The number of alkyl halides is 17. The number of rotatable bonds is 24. The fraction of sp³-hybridized carbons (Fsp3) is 0.561. The number of amides is 2. The lowest BCUT2D eigenvalue weighted by Gasteiger charge is -2.44. The molecule has 0 aliphatic rings. The number of halogens is 19. The van der Waals surface area contributed by atoms with Gasteiger partial charge in [-0.3, -0.25) is 15.3 Å². The minimum absolute atomic E-state index is 0.0421. The molecule has 0 spiro atoms. The van der Waals surface area contributed by atoms with Crippen LogP contribution in [0, 0.1) is 17.6 Å². The predicted molar refractivity (Wildman–Crippen MR) is 210 cm³/mol.